The molecule has 2 unspecified atom stereocenters. The predicted octanol–water partition coefficient (Wildman–Crippen LogP) is 2.06. The zero-order chi connectivity index (χ0) is 13.0. The fraction of sp³-hybridized carbons (Fsp3) is 0.214. The zero-order valence-electron chi connectivity index (χ0n) is 10.2. The van der Waals surface area contributed by atoms with Gasteiger partial charge in [-0.1, -0.05) is 30.3 Å². The third kappa shape index (κ3) is 2.96. The van der Waals surface area contributed by atoms with Crippen molar-refractivity contribution in [2.24, 2.45) is 0 Å². The van der Waals surface area contributed by atoms with Crippen LogP contribution in [-0.2, 0) is 17.2 Å². The van der Waals surface area contributed by atoms with Gasteiger partial charge in [0.1, 0.15) is 10.8 Å². The zero-order valence-corrected chi connectivity index (χ0v) is 11.0. The standard InChI is InChI=1S/C14H15NO2S/c1-12(11-13-7-3-2-4-8-13)18(17)14-9-5-6-10-15(14)16/h2-10,12H,11H2,1H3. The van der Waals surface area contributed by atoms with E-state index in [4.69, 9.17) is 0 Å². The van der Waals surface area contributed by atoms with Crippen molar-refractivity contribution in [3.63, 3.8) is 0 Å². The molecule has 0 radical (unpaired) electrons. The summed E-state index contributed by atoms with van der Waals surface area (Å²) in [6.45, 7) is 1.90. The molecule has 3 nitrogen and oxygen atoms in total. The Morgan fingerprint density at radius 2 is 1.83 bits per heavy atom. The van der Waals surface area contributed by atoms with Gasteiger partial charge in [0.25, 0.3) is 5.03 Å². The summed E-state index contributed by atoms with van der Waals surface area (Å²) in [5.41, 5.74) is 1.13. The van der Waals surface area contributed by atoms with Crippen LogP contribution in [0, 0.1) is 5.21 Å². The molecule has 0 aliphatic carbocycles. The maximum absolute atomic E-state index is 12.3. The Balaban J connectivity index is 2.13. The van der Waals surface area contributed by atoms with Gasteiger partial charge in [-0.25, -0.2) is 4.21 Å². The van der Waals surface area contributed by atoms with E-state index in [0.29, 0.717) is 16.2 Å². The van der Waals surface area contributed by atoms with E-state index in [2.05, 4.69) is 0 Å². The molecule has 4 heteroatoms. The van der Waals surface area contributed by atoms with Crippen molar-refractivity contribution in [1.29, 1.82) is 0 Å². The predicted molar refractivity (Wildman–Crippen MR) is 71.4 cm³/mol. The van der Waals surface area contributed by atoms with Gasteiger partial charge in [-0.2, -0.15) is 4.73 Å². The number of nitrogens with zero attached hydrogens (tertiary/aromatic N) is 1. The van der Waals surface area contributed by atoms with E-state index in [1.165, 1.54) is 6.20 Å². The minimum atomic E-state index is -1.29. The van der Waals surface area contributed by atoms with Crippen LogP contribution >= 0.6 is 0 Å². The summed E-state index contributed by atoms with van der Waals surface area (Å²) in [6, 6.07) is 14.9. The van der Waals surface area contributed by atoms with Gasteiger partial charge >= 0.3 is 0 Å². The summed E-state index contributed by atoms with van der Waals surface area (Å²) >= 11 is 0. The summed E-state index contributed by atoms with van der Waals surface area (Å²) in [5.74, 6) is 0. The van der Waals surface area contributed by atoms with Crippen LogP contribution in [-0.4, -0.2) is 9.46 Å². The molecule has 0 amide bonds. The van der Waals surface area contributed by atoms with Gasteiger partial charge in [0.15, 0.2) is 6.20 Å². The molecule has 18 heavy (non-hydrogen) atoms. The number of pyridine rings is 1. The third-order valence-electron chi connectivity index (χ3n) is 2.73. The second-order valence-corrected chi connectivity index (χ2v) is 5.98. The lowest BCUT2D eigenvalue weighted by molar-refractivity contribution is -0.646. The molecule has 1 heterocycles. The van der Waals surface area contributed by atoms with Gasteiger partial charge < -0.3 is 5.21 Å². The molecule has 0 bridgehead atoms. The first kappa shape index (κ1) is 12.8. The van der Waals surface area contributed by atoms with Gasteiger partial charge in [0.05, 0.1) is 0 Å². The van der Waals surface area contributed by atoms with E-state index < -0.39 is 10.8 Å². The van der Waals surface area contributed by atoms with Gasteiger partial charge in [-0.05, 0) is 25.0 Å². The van der Waals surface area contributed by atoms with Crippen molar-refractivity contribution in [1.82, 2.24) is 0 Å². The van der Waals surface area contributed by atoms with E-state index in [-0.39, 0.29) is 5.25 Å². The summed E-state index contributed by atoms with van der Waals surface area (Å²) in [7, 11) is -1.29. The second kappa shape index (κ2) is 5.78. The molecule has 0 saturated carbocycles. The van der Waals surface area contributed by atoms with Crippen LogP contribution in [0.4, 0.5) is 0 Å². The van der Waals surface area contributed by atoms with E-state index >= 15 is 0 Å². The largest absolute Gasteiger partial charge is 0.618 e. The molecule has 94 valence electrons. The van der Waals surface area contributed by atoms with Gasteiger partial charge in [0, 0.05) is 17.4 Å². The number of hydrogen-bond acceptors (Lipinski definition) is 2. The monoisotopic (exact) mass is 261 g/mol. The highest BCUT2D eigenvalue weighted by molar-refractivity contribution is 7.85. The first-order valence-corrected chi connectivity index (χ1v) is 7.02. The Bertz CT molecular complexity index is 543. The van der Waals surface area contributed by atoms with Crippen molar-refractivity contribution in [2.75, 3.05) is 0 Å². The highest BCUT2D eigenvalue weighted by Crippen LogP contribution is 2.12. The van der Waals surface area contributed by atoms with E-state index in [0.717, 1.165) is 5.56 Å². The van der Waals surface area contributed by atoms with E-state index in [1.807, 2.05) is 37.3 Å². The molecule has 0 saturated heterocycles. The molecular formula is C14H15NO2S. The summed E-state index contributed by atoms with van der Waals surface area (Å²) < 4.78 is 12.9. The van der Waals surface area contributed by atoms with Crippen LogP contribution in [0.1, 0.15) is 12.5 Å². The minimum Gasteiger partial charge on any atom is -0.618 e. The van der Waals surface area contributed by atoms with Crippen LogP contribution in [0.5, 0.6) is 0 Å². The SMILES string of the molecule is CC(Cc1ccccc1)S(=O)c1cccc[n+]1[O-]. The topological polar surface area (TPSA) is 44.0 Å². The normalized spacial score (nSPS) is 14.1. The van der Waals surface area contributed by atoms with Crippen molar-refractivity contribution in [2.45, 2.75) is 23.6 Å². The Hall–Kier alpha value is -1.68. The van der Waals surface area contributed by atoms with Crippen LogP contribution in [0.25, 0.3) is 0 Å². The highest BCUT2D eigenvalue weighted by Gasteiger charge is 2.20. The first-order valence-electron chi connectivity index (χ1n) is 5.81. The number of benzene rings is 1. The maximum Gasteiger partial charge on any atom is 0.281 e. The minimum absolute atomic E-state index is 0.0880. The Morgan fingerprint density at radius 1 is 1.17 bits per heavy atom. The Labute approximate surface area is 109 Å². The summed E-state index contributed by atoms with van der Waals surface area (Å²) in [5, 5.41) is 11.8. The lowest BCUT2D eigenvalue weighted by atomic mass is 10.1. The van der Waals surface area contributed by atoms with E-state index in [1.54, 1.807) is 18.2 Å². The van der Waals surface area contributed by atoms with Crippen molar-refractivity contribution in [3.05, 3.63) is 65.5 Å². The molecule has 2 atom stereocenters. The molecular weight excluding hydrogens is 246 g/mol. The number of rotatable bonds is 4. The third-order valence-corrected chi connectivity index (χ3v) is 4.35. The second-order valence-electron chi connectivity index (χ2n) is 4.16. The molecule has 0 N–H and O–H groups in total. The quantitative estimate of drug-likeness (QED) is 0.624. The molecule has 2 aromatic rings. The summed E-state index contributed by atoms with van der Waals surface area (Å²) in [4.78, 5) is 0. The molecule has 0 fully saturated rings. The average Bonchev–Trinajstić information content (AvgIpc) is 2.39. The van der Waals surface area contributed by atoms with Crippen LogP contribution < -0.4 is 4.73 Å². The van der Waals surface area contributed by atoms with Crippen molar-refractivity contribution < 1.29 is 8.94 Å². The molecule has 1 aromatic heterocycles. The highest BCUT2D eigenvalue weighted by atomic mass is 32.2. The number of hydrogen-bond donors (Lipinski definition) is 0. The average molecular weight is 261 g/mol. The van der Waals surface area contributed by atoms with Crippen LogP contribution in [0.3, 0.4) is 0 Å². The number of aromatic nitrogens is 1. The summed E-state index contributed by atoms with van der Waals surface area (Å²) in [6.07, 6.45) is 2.07. The molecule has 0 spiro atoms. The fourth-order valence-corrected chi connectivity index (χ4v) is 3.00. The molecule has 1 aromatic carbocycles. The molecule has 0 aliphatic heterocycles. The van der Waals surface area contributed by atoms with Crippen LogP contribution in [0.15, 0.2) is 59.8 Å². The van der Waals surface area contributed by atoms with Crippen molar-refractivity contribution in [3.8, 4) is 0 Å². The maximum atomic E-state index is 12.3. The molecule has 0 aliphatic rings. The van der Waals surface area contributed by atoms with E-state index in [9.17, 15) is 9.42 Å². The Morgan fingerprint density at radius 3 is 2.50 bits per heavy atom. The molecule has 2 rings (SSSR count). The van der Waals surface area contributed by atoms with Gasteiger partial charge in [0.2, 0.25) is 0 Å². The fourth-order valence-electron chi connectivity index (χ4n) is 1.80. The van der Waals surface area contributed by atoms with Gasteiger partial charge in [-0.15, -0.1) is 0 Å². The van der Waals surface area contributed by atoms with Gasteiger partial charge in [-0.3, -0.25) is 0 Å². The van der Waals surface area contributed by atoms with Crippen LogP contribution in [0.2, 0.25) is 0 Å². The first-order chi connectivity index (χ1) is 8.68. The van der Waals surface area contributed by atoms with Crippen molar-refractivity contribution >= 4 is 10.8 Å². The Kier molecular flexibility index (Phi) is 4.10. The lowest BCUT2D eigenvalue weighted by Crippen LogP contribution is -2.34. The lowest BCUT2D eigenvalue weighted by Gasteiger charge is -2.10. The smallest absolute Gasteiger partial charge is 0.281 e.